The number of rotatable bonds is 7. The third-order valence-electron chi connectivity index (χ3n) is 3.71. The first-order valence-electron chi connectivity index (χ1n) is 8.08. The summed E-state index contributed by atoms with van der Waals surface area (Å²) < 4.78 is 13.6. The van der Waals surface area contributed by atoms with Crippen LogP contribution in [0.2, 0.25) is 0 Å². The van der Waals surface area contributed by atoms with E-state index in [1.165, 1.54) is 36.2 Å². The van der Waals surface area contributed by atoms with Crippen LogP contribution in [0.3, 0.4) is 0 Å². The van der Waals surface area contributed by atoms with Gasteiger partial charge in [-0.25, -0.2) is 4.39 Å². The lowest BCUT2D eigenvalue weighted by Gasteiger charge is -2.11. The fourth-order valence-corrected chi connectivity index (χ4v) is 2.39. The fourth-order valence-electron chi connectivity index (χ4n) is 2.39. The number of amides is 2. The first-order chi connectivity index (χ1) is 12.0. The van der Waals surface area contributed by atoms with Crippen molar-refractivity contribution in [1.29, 1.82) is 0 Å². The van der Waals surface area contributed by atoms with Crippen molar-refractivity contribution in [2.45, 2.75) is 20.3 Å². The molecule has 3 N–H and O–H groups in total. The van der Waals surface area contributed by atoms with Crippen LogP contribution < -0.4 is 16.0 Å². The van der Waals surface area contributed by atoms with Gasteiger partial charge in [0.25, 0.3) is 0 Å². The molecular weight excluding hydrogens is 321 g/mol. The van der Waals surface area contributed by atoms with E-state index in [0.29, 0.717) is 12.2 Å². The maximum Gasteiger partial charge on any atom is 0.239 e. The van der Waals surface area contributed by atoms with Crippen LogP contribution in [-0.2, 0) is 16.0 Å². The van der Waals surface area contributed by atoms with Crippen LogP contribution in [0.25, 0.3) is 0 Å². The number of halogens is 1. The summed E-state index contributed by atoms with van der Waals surface area (Å²) in [7, 11) is 0. The minimum atomic E-state index is -0.525. The molecule has 25 heavy (non-hydrogen) atoms. The van der Waals surface area contributed by atoms with Crippen molar-refractivity contribution < 1.29 is 14.0 Å². The fraction of sp³-hybridized carbons (Fsp3) is 0.263. The van der Waals surface area contributed by atoms with Gasteiger partial charge in [0.1, 0.15) is 5.82 Å². The molecule has 0 spiro atoms. The maximum atomic E-state index is 13.6. The van der Waals surface area contributed by atoms with Gasteiger partial charge in [0.2, 0.25) is 11.8 Å². The Morgan fingerprint density at radius 1 is 1.12 bits per heavy atom. The van der Waals surface area contributed by atoms with E-state index in [2.05, 4.69) is 16.0 Å². The predicted octanol–water partition coefficient (Wildman–Crippen LogP) is 2.86. The number of carbonyl (C=O) groups excluding carboxylic acids is 2. The topological polar surface area (TPSA) is 70.2 Å². The quantitative estimate of drug-likeness (QED) is 0.724. The Balaban J connectivity index is 1.80. The zero-order valence-corrected chi connectivity index (χ0v) is 14.4. The summed E-state index contributed by atoms with van der Waals surface area (Å²) in [5.74, 6) is -1.03. The molecule has 132 valence electrons. The Morgan fingerprint density at radius 2 is 1.88 bits per heavy atom. The van der Waals surface area contributed by atoms with E-state index in [-0.39, 0.29) is 24.0 Å². The summed E-state index contributed by atoms with van der Waals surface area (Å²) in [6.07, 6.45) is 0.766. The molecule has 0 fully saturated rings. The van der Waals surface area contributed by atoms with Gasteiger partial charge in [0, 0.05) is 19.2 Å². The van der Waals surface area contributed by atoms with Gasteiger partial charge in [0.05, 0.1) is 12.2 Å². The standard InChI is InChI=1S/C19H22FN3O2/c1-13-5-3-4-6-15(13)9-10-21-19(25)12-22-16-7-8-17(20)18(11-16)23-14(2)24/h3-8,11,22H,9-10,12H2,1-2H3,(H,21,25)(H,23,24). The number of hydrogen-bond acceptors (Lipinski definition) is 3. The molecule has 0 heterocycles. The normalized spacial score (nSPS) is 10.2. The zero-order chi connectivity index (χ0) is 18.2. The molecule has 2 aromatic carbocycles. The van der Waals surface area contributed by atoms with Gasteiger partial charge in [-0.15, -0.1) is 0 Å². The van der Waals surface area contributed by atoms with Crippen molar-refractivity contribution in [3.8, 4) is 0 Å². The van der Waals surface area contributed by atoms with Crippen molar-refractivity contribution >= 4 is 23.2 Å². The Morgan fingerprint density at radius 3 is 2.60 bits per heavy atom. The second kappa shape index (κ2) is 8.82. The SMILES string of the molecule is CC(=O)Nc1cc(NCC(=O)NCCc2ccccc2C)ccc1F. The molecule has 0 aliphatic carbocycles. The summed E-state index contributed by atoms with van der Waals surface area (Å²) in [4.78, 5) is 22.9. The highest BCUT2D eigenvalue weighted by Gasteiger charge is 2.07. The molecule has 6 heteroatoms. The van der Waals surface area contributed by atoms with E-state index in [1.807, 2.05) is 31.2 Å². The van der Waals surface area contributed by atoms with Crippen LogP contribution in [0.5, 0.6) is 0 Å². The molecule has 5 nitrogen and oxygen atoms in total. The number of carbonyl (C=O) groups is 2. The smallest absolute Gasteiger partial charge is 0.239 e. The van der Waals surface area contributed by atoms with Crippen molar-refractivity contribution in [1.82, 2.24) is 5.32 Å². The van der Waals surface area contributed by atoms with E-state index in [9.17, 15) is 14.0 Å². The van der Waals surface area contributed by atoms with Crippen molar-refractivity contribution in [2.24, 2.45) is 0 Å². The third-order valence-corrected chi connectivity index (χ3v) is 3.71. The number of benzene rings is 2. The Bertz CT molecular complexity index is 762. The minimum absolute atomic E-state index is 0.0684. The van der Waals surface area contributed by atoms with Gasteiger partial charge in [-0.05, 0) is 42.7 Å². The summed E-state index contributed by atoms with van der Waals surface area (Å²) in [6.45, 7) is 3.96. The van der Waals surface area contributed by atoms with Gasteiger partial charge in [-0.2, -0.15) is 0 Å². The molecule has 0 saturated carbocycles. The molecule has 0 aliphatic rings. The van der Waals surface area contributed by atoms with Gasteiger partial charge in [-0.1, -0.05) is 24.3 Å². The van der Waals surface area contributed by atoms with Gasteiger partial charge in [-0.3, -0.25) is 9.59 Å². The molecule has 0 aliphatic heterocycles. The Labute approximate surface area is 146 Å². The summed E-state index contributed by atoms with van der Waals surface area (Å²) in [6, 6.07) is 12.3. The number of hydrogen-bond donors (Lipinski definition) is 3. The predicted molar refractivity (Wildman–Crippen MR) is 97.1 cm³/mol. The van der Waals surface area contributed by atoms with Gasteiger partial charge < -0.3 is 16.0 Å². The average Bonchev–Trinajstić information content (AvgIpc) is 2.57. The molecule has 0 atom stereocenters. The molecule has 2 amide bonds. The lowest BCUT2D eigenvalue weighted by atomic mass is 10.1. The highest BCUT2D eigenvalue weighted by atomic mass is 19.1. The highest BCUT2D eigenvalue weighted by Crippen LogP contribution is 2.19. The number of anilines is 2. The molecule has 0 bridgehead atoms. The second-order valence-electron chi connectivity index (χ2n) is 5.76. The van der Waals surface area contributed by atoms with Crippen LogP contribution in [0, 0.1) is 12.7 Å². The number of aryl methyl sites for hydroxylation is 1. The van der Waals surface area contributed by atoms with Gasteiger partial charge in [0.15, 0.2) is 0 Å². The first-order valence-corrected chi connectivity index (χ1v) is 8.08. The van der Waals surface area contributed by atoms with Crippen LogP contribution in [0.4, 0.5) is 15.8 Å². The second-order valence-corrected chi connectivity index (χ2v) is 5.76. The number of nitrogens with one attached hydrogen (secondary N) is 3. The largest absolute Gasteiger partial charge is 0.376 e. The van der Waals surface area contributed by atoms with Crippen LogP contribution in [0.1, 0.15) is 18.1 Å². The third kappa shape index (κ3) is 5.91. The first kappa shape index (κ1) is 18.4. The maximum absolute atomic E-state index is 13.6. The molecular formula is C19H22FN3O2. The van der Waals surface area contributed by atoms with Crippen LogP contribution in [0.15, 0.2) is 42.5 Å². The summed E-state index contributed by atoms with van der Waals surface area (Å²) in [5.41, 5.74) is 3.04. The summed E-state index contributed by atoms with van der Waals surface area (Å²) >= 11 is 0. The monoisotopic (exact) mass is 343 g/mol. The van der Waals surface area contributed by atoms with Crippen molar-refractivity contribution in [2.75, 3.05) is 23.7 Å². The van der Waals surface area contributed by atoms with E-state index >= 15 is 0 Å². The van der Waals surface area contributed by atoms with Crippen molar-refractivity contribution in [3.05, 3.63) is 59.4 Å². The van der Waals surface area contributed by atoms with E-state index in [1.54, 1.807) is 0 Å². The molecule has 2 rings (SSSR count). The van der Waals surface area contributed by atoms with Crippen molar-refractivity contribution in [3.63, 3.8) is 0 Å². The average molecular weight is 343 g/mol. The molecule has 2 aromatic rings. The van der Waals surface area contributed by atoms with E-state index < -0.39 is 5.82 Å². The minimum Gasteiger partial charge on any atom is -0.376 e. The zero-order valence-electron chi connectivity index (χ0n) is 14.4. The van der Waals surface area contributed by atoms with E-state index in [4.69, 9.17) is 0 Å². The summed E-state index contributed by atoms with van der Waals surface area (Å²) in [5, 5.41) is 8.16. The lowest BCUT2D eigenvalue weighted by Crippen LogP contribution is -2.31. The Hall–Kier alpha value is -2.89. The van der Waals surface area contributed by atoms with Crippen LogP contribution >= 0.6 is 0 Å². The highest BCUT2D eigenvalue weighted by molar-refractivity contribution is 5.89. The van der Waals surface area contributed by atoms with Crippen LogP contribution in [-0.4, -0.2) is 24.9 Å². The molecule has 0 unspecified atom stereocenters. The molecule has 0 saturated heterocycles. The van der Waals surface area contributed by atoms with Gasteiger partial charge >= 0.3 is 0 Å². The van der Waals surface area contributed by atoms with E-state index in [0.717, 1.165) is 6.42 Å². The lowest BCUT2D eigenvalue weighted by molar-refractivity contribution is -0.119. The molecule has 0 radical (unpaired) electrons. The Kier molecular flexibility index (Phi) is 6.51. The molecule has 0 aromatic heterocycles.